The van der Waals surface area contributed by atoms with Gasteiger partial charge in [0.1, 0.15) is 0 Å². The predicted octanol–water partition coefficient (Wildman–Crippen LogP) is 2.04. The minimum atomic E-state index is -0.747. The summed E-state index contributed by atoms with van der Waals surface area (Å²) in [5, 5.41) is 0. The molecule has 0 saturated carbocycles. The second-order valence-corrected chi connectivity index (χ2v) is 4.52. The molecule has 1 atom stereocenters. The van der Waals surface area contributed by atoms with Crippen LogP contribution in [0.3, 0.4) is 0 Å². The largest absolute Gasteiger partial charge is 0.309 e. The minimum absolute atomic E-state index is 0.0566. The maximum Gasteiger partial charge on any atom is 0.223 e. The summed E-state index contributed by atoms with van der Waals surface area (Å²) in [5.74, 6) is 0.0566. The van der Waals surface area contributed by atoms with Gasteiger partial charge in [-0.1, -0.05) is 11.2 Å². The van der Waals surface area contributed by atoms with E-state index in [0.717, 1.165) is 0 Å². The molecular formula is C5H11ClNOP. The molecule has 1 amide bonds. The van der Waals surface area contributed by atoms with Crippen molar-refractivity contribution in [2.45, 2.75) is 13.8 Å². The van der Waals surface area contributed by atoms with Crippen molar-refractivity contribution in [1.82, 2.24) is 4.67 Å². The van der Waals surface area contributed by atoms with Gasteiger partial charge in [-0.15, -0.1) is 0 Å². The van der Waals surface area contributed by atoms with Crippen molar-refractivity contribution in [3.05, 3.63) is 0 Å². The first-order valence-corrected chi connectivity index (χ1v) is 5.41. The molecular weight excluding hydrogens is 156 g/mol. The number of carbonyl (C=O) groups excluding carboxylic acids is 1. The van der Waals surface area contributed by atoms with E-state index in [0.29, 0.717) is 6.54 Å². The third-order valence-corrected chi connectivity index (χ3v) is 2.77. The molecule has 0 aromatic carbocycles. The number of halogens is 1. The monoisotopic (exact) mass is 167 g/mol. The van der Waals surface area contributed by atoms with Gasteiger partial charge in [0, 0.05) is 13.5 Å². The fraction of sp³-hybridized carbons (Fsp3) is 0.800. The van der Waals surface area contributed by atoms with Gasteiger partial charge in [-0.2, -0.15) is 0 Å². The molecule has 9 heavy (non-hydrogen) atoms. The lowest BCUT2D eigenvalue weighted by Gasteiger charge is -2.20. The molecule has 0 aliphatic heterocycles. The third-order valence-electron chi connectivity index (χ3n) is 0.996. The fourth-order valence-corrected chi connectivity index (χ4v) is 2.03. The van der Waals surface area contributed by atoms with Crippen LogP contribution in [0, 0.1) is 0 Å². The Labute approximate surface area is 61.8 Å². The van der Waals surface area contributed by atoms with E-state index in [4.69, 9.17) is 11.2 Å². The smallest absolute Gasteiger partial charge is 0.223 e. The van der Waals surface area contributed by atoms with Gasteiger partial charge < -0.3 is 4.67 Å². The SMILES string of the molecule is CCN(C(C)=O)P(C)Cl. The van der Waals surface area contributed by atoms with Gasteiger partial charge in [0.05, 0.1) is 7.43 Å². The highest BCUT2D eigenvalue weighted by molar-refractivity contribution is 7.81. The summed E-state index contributed by atoms with van der Waals surface area (Å²) >= 11 is 5.71. The van der Waals surface area contributed by atoms with E-state index in [1.165, 1.54) is 6.92 Å². The standard InChI is InChI=1S/C5H11ClNOP/c1-4-7(5(2)8)9(3)6/h4H2,1-3H3. The number of hydrogen-bond donors (Lipinski definition) is 0. The lowest BCUT2D eigenvalue weighted by atomic mass is 10.6. The van der Waals surface area contributed by atoms with Crippen LogP contribution in [-0.2, 0) is 4.79 Å². The topological polar surface area (TPSA) is 20.3 Å². The molecule has 54 valence electrons. The fourth-order valence-electron chi connectivity index (χ4n) is 0.612. The van der Waals surface area contributed by atoms with E-state index in [-0.39, 0.29) is 5.91 Å². The van der Waals surface area contributed by atoms with Crippen molar-refractivity contribution in [2.75, 3.05) is 13.2 Å². The number of rotatable bonds is 2. The molecule has 0 spiro atoms. The Bertz CT molecular complexity index is 107. The quantitative estimate of drug-likeness (QED) is 0.577. The van der Waals surface area contributed by atoms with E-state index < -0.39 is 7.43 Å². The molecule has 0 radical (unpaired) electrons. The van der Waals surface area contributed by atoms with Crippen molar-refractivity contribution < 1.29 is 4.79 Å². The Hall–Kier alpha value is 0.190. The van der Waals surface area contributed by atoms with Crippen molar-refractivity contribution in [3.8, 4) is 0 Å². The Kier molecular flexibility index (Phi) is 4.16. The van der Waals surface area contributed by atoms with Crippen molar-refractivity contribution in [2.24, 2.45) is 0 Å². The van der Waals surface area contributed by atoms with E-state index in [1.54, 1.807) is 4.67 Å². The summed E-state index contributed by atoms with van der Waals surface area (Å²) in [6.45, 7) is 6.01. The summed E-state index contributed by atoms with van der Waals surface area (Å²) in [6, 6.07) is 0. The van der Waals surface area contributed by atoms with Crippen LogP contribution in [0.4, 0.5) is 0 Å². The molecule has 0 bridgehead atoms. The first kappa shape index (κ1) is 9.19. The van der Waals surface area contributed by atoms with Crippen LogP contribution in [0.15, 0.2) is 0 Å². The first-order valence-electron chi connectivity index (χ1n) is 2.77. The molecule has 0 aliphatic carbocycles. The second kappa shape index (κ2) is 4.08. The van der Waals surface area contributed by atoms with Crippen LogP contribution in [0.1, 0.15) is 13.8 Å². The van der Waals surface area contributed by atoms with Gasteiger partial charge in [0.25, 0.3) is 0 Å². The zero-order valence-corrected chi connectivity index (χ0v) is 7.54. The molecule has 0 aromatic heterocycles. The Morgan fingerprint density at radius 3 is 2.22 bits per heavy atom. The van der Waals surface area contributed by atoms with E-state index >= 15 is 0 Å². The molecule has 0 rings (SSSR count). The van der Waals surface area contributed by atoms with Gasteiger partial charge >= 0.3 is 0 Å². The lowest BCUT2D eigenvalue weighted by Crippen LogP contribution is -2.20. The van der Waals surface area contributed by atoms with Crippen LogP contribution in [-0.4, -0.2) is 23.8 Å². The zero-order valence-electron chi connectivity index (χ0n) is 5.89. The Morgan fingerprint density at radius 2 is 2.22 bits per heavy atom. The molecule has 0 N–H and O–H groups in total. The van der Waals surface area contributed by atoms with Gasteiger partial charge in [0.2, 0.25) is 5.91 Å². The average Bonchev–Trinajstić information content (AvgIpc) is 1.64. The summed E-state index contributed by atoms with van der Waals surface area (Å²) < 4.78 is 1.65. The van der Waals surface area contributed by atoms with Crippen LogP contribution in [0.2, 0.25) is 0 Å². The van der Waals surface area contributed by atoms with Crippen LogP contribution in [0.25, 0.3) is 0 Å². The summed E-state index contributed by atoms with van der Waals surface area (Å²) in [4.78, 5) is 10.7. The highest BCUT2D eigenvalue weighted by Gasteiger charge is 2.10. The summed E-state index contributed by atoms with van der Waals surface area (Å²) in [5.41, 5.74) is 0. The average molecular weight is 168 g/mol. The number of amides is 1. The Balaban J connectivity index is 3.83. The Morgan fingerprint density at radius 1 is 1.78 bits per heavy atom. The molecule has 1 unspecified atom stereocenters. The van der Waals surface area contributed by atoms with E-state index in [2.05, 4.69) is 0 Å². The van der Waals surface area contributed by atoms with Crippen LogP contribution < -0.4 is 0 Å². The van der Waals surface area contributed by atoms with E-state index in [9.17, 15) is 4.79 Å². The number of hydrogen-bond acceptors (Lipinski definition) is 1. The first-order chi connectivity index (χ1) is 4.09. The lowest BCUT2D eigenvalue weighted by molar-refractivity contribution is -0.123. The molecule has 4 heteroatoms. The van der Waals surface area contributed by atoms with Crippen LogP contribution >= 0.6 is 18.7 Å². The van der Waals surface area contributed by atoms with Gasteiger partial charge in [-0.25, -0.2) is 0 Å². The van der Waals surface area contributed by atoms with Gasteiger partial charge in [-0.05, 0) is 13.6 Å². The highest BCUT2D eigenvalue weighted by atomic mass is 35.7. The van der Waals surface area contributed by atoms with Gasteiger partial charge in [0.15, 0.2) is 0 Å². The zero-order chi connectivity index (χ0) is 7.44. The number of carbonyl (C=O) groups is 1. The third kappa shape index (κ3) is 3.02. The molecule has 0 aliphatic rings. The molecule has 0 fully saturated rings. The second-order valence-electron chi connectivity index (χ2n) is 1.68. The van der Waals surface area contributed by atoms with Crippen molar-refractivity contribution in [1.29, 1.82) is 0 Å². The maximum absolute atomic E-state index is 10.7. The summed E-state index contributed by atoms with van der Waals surface area (Å²) in [7, 11) is -0.747. The highest BCUT2D eigenvalue weighted by Crippen LogP contribution is 2.40. The summed E-state index contributed by atoms with van der Waals surface area (Å²) in [6.07, 6.45) is 0. The molecule has 0 aromatic rings. The van der Waals surface area contributed by atoms with Gasteiger partial charge in [-0.3, -0.25) is 4.79 Å². The number of nitrogens with zero attached hydrogens (tertiary/aromatic N) is 1. The minimum Gasteiger partial charge on any atom is -0.309 e. The normalized spacial score (nSPS) is 12.9. The van der Waals surface area contributed by atoms with Crippen LogP contribution in [0.5, 0.6) is 0 Å². The maximum atomic E-state index is 10.7. The van der Waals surface area contributed by atoms with E-state index in [1.807, 2.05) is 13.6 Å². The van der Waals surface area contributed by atoms with Crippen molar-refractivity contribution in [3.63, 3.8) is 0 Å². The van der Waals surface area contributed by atoms with Crippen molar-refractivity contribution >= 4 is 24.6 Å². The predicted molar refractivity (Wildman–Crippen MR) is 41.8 cm³/mol. The molecule has 0 saturated heterocycles. The molecule has 2 nitrogen and oxygen atoms in total. The molecule has 0 heterocycles.